The van der Waals surface area contributed by atoms with Crippen LogP contribution in [0.4, 0.5) is 4.39 Å². The van der Waals surface area contributed by atoms with Crippen LogP contribution in [0.15, 0.2) is 51.4 Å². The van der Waals surface area contributed by atoms with Gasteiger partial charge in [-0.05, 0) is 52.3 Å². The van der Waals surface area contributed by atoms with E-state index in [1.807, 2.05) is 18.2 Å². The van der Waals surface area contributed by atoms with Crippen molar-refractivity contribution in [1.82, 2.24) is 4.98 Å². The van der Waals surface area contributed by atoms with E-state index in [1.54, 1.807) is 12.1 Å². The molecule has 0 fully saturated rings. The van der Waals surface area contributed by atoms with Crippen LogP contribution in [0.3, 0.4) is 0 Å². The van der Waals surface area contributed by atoms with Crippen LogP contribution in [0.2, 0.25) is 0 Å². The third-order valence-electron chi connectivity index (χ3n) is 2.46. The highest BCUT2D eigenvalue weighted by atomic mass is 79.9. The van der Waals surface area contributed by atoms with Crippen LogP contribution < -0.4 is 0 Å². The molecule has 0 saturated heterocycles. The van der Waals surface area contributed by atoms with Gasteiger partial charge in [0.2, 0.25) is 5.89 Å². The lowest BCUT2D eigenvalue weighted by atomic mass is 10.2. The van der Waals surface area contributed by atoms with E-state index in [0.29, 0.717) is 11.5 Å². The molecule has 2 nitrogen and oxygen atoms in total. The minimum Gasteiger partial charge on any atom is -0.436 e. The van der Waals surface area contributed by atoms with Gasteiger partial charge < -0.3 is 4.42 Å². The van der Waals surface area contributed by atoms with Crippen molar-refractivity contribution >= 4 is 27.0 Å². The van der Waals surface area contributed by atoms with Gasteiger partial charge in [-0.2, -0.15) is 0 Å². The molecular formula is C13H7BrFNO. The maximum Gasteiger partial charge on any atom is 0.227 e. The molecule has 0 spiro atoms. The lowest BCUT2D eigenvalue weighted by Crippen LogP contribution is -1.78. The molecule has 0 aliphatic carbocycles. The molecule has 0 bridgehead atoms. The summed E-state index contributed by atoms with van der Waals surface area (Å²) < 4.78 is 19.3. The highest BCUT2D eigenvalue weighted by Crippen LogP contribution is 2.28. The predicted molar refractivity (Wildman–Crippen MR) is 67.1 cm³/mol. The van der Waals surface area contributed by atoms with E-state index >= 15 is 0 Å². The van der Waals surface area contributed by atoms with Crippen LogP contribution in [0.5, 0.6) is 0 Å². The summed E-state index contributed by atoms with van der Waals surface area (Å²) in [6, 6.07) is 11.7. The molecule has 0 aliphatic heterocycles. The first-order valence-corrected chi connectivity index (χ1v) is 5.84. The quantitative estimate of drug-likeness (QED) is 0.664. The number of hydrogen-bond donors (Lipinski definition) is 0. The highest BCUT2D eigenvalue weighted by molar-refractivity contribution is 9.10. The molecule has 0 amide bonds. The molecule has 0 unspecified atom stereocenters. The molecule has 0 radical (unpaired) electrons. The van der Waals surface area contributed by atoms with Crippen molar-refractivity contribution in [2.45, 2.75) is 0 Å². The molecule has 84 valence electrons. The molecule has 1 heterocycles. The van der Waals surface area contributed by atoms with Crippen molar-refractivity contribution in [3.8, 4) is 11.5 Å². The average Bonchev–Trinajstić information content (AvgIpc) is 2.75. The van der Waals surface area contributed by atoms with E-state index in [1.165, 1.54) is 12.1 Å². The zero-order valence-electron chi connectivity index (χ0n) is 8.65. The maximum atomic E-state index is 12.8. The second-order valence-corrected chi connectivity index (χ2v) is 4.47. The molecule has 4 heteroatoms. The number of oxazole rings is 1. The fourth-order valence-corrected chi connectivity index (χ4v) is 2.07. The van der Waals surface area contributed by atoms with Gasteiger partial charge in [-0.1, -0.05) is 6.07 Å². The summed E-state index contributed by atoms with van der Waals surface area (Å²) >= 11 is 3.41. The van der Waals surface area contributed by atoms with E-state index in [9.17, 15) is 4.39 Å². The number of benzene rings is 2. The van der Waals surface area contributed by atoms with Crippen molar-refractivity contribution in [3.05, 3.63) is 52.8 Å². The molecule has 0 N–H and O–H groups in total. The standard InChI is InChI=1S/C13H7BrFNO/c14-10-2-1-3-11-12(10)16-13(17-11)8-4-6-9(15)7-5-8/h1-7H. The SMILES string of the molecule is Fc1ccc(-c2nc3c(Br)cccc3o2)cc1. The Morgan fingerprint density at radius 3 is 2.53 bits per heavy atom. The normalized spacial score (nSPS) is 10.9. The van der Waals surface area contributed by atoms with Crippen molar-refractivity contribution in [2.75, 3.05) is 0 Å². The van der Waals surface area contributed by atoms with Gasteiger partial charge in [0.1, 0.15) is 11.3 Å². The molecule has 1 aromatic heterocycles. The number of halogens is 2. The average molecular weight is 292 g/mol. The first kappa shape index (κ1) is 10.5. The number of para-hydroxylation sites is 1. The van der Waals surface area contributed by atoms with Crippen LogP contribution >= 0.6 is 15.9 Å². The first-order valence-electron chi connectivity index (χ1n) is 5.05. The van der Waals surface area contributed by atoms with Gasteiger partial charge in [0.05, 0.1) is 0 Å². The molecule has 0 atom stereocenters. The molecule has 3 rings (SSSR count). The fraction of sp³-hybridized carbons (Fsp3) is 0. The van der Waals surface area contributed by atoms with Gasteiger partial charge >= 0.3 is 0 Å². The Kier molecular flexibility index (Phi) is 2.44. The van der Waals surface area contributed by atoms with Crippen molar-refractivity contribution in [3.63, 3.8) is 0 Å². The Balaban J connectivity index is 2.18. The summed E-state index contributed by atoms with van der Waals surface area (Å²) in [6.07, 6.45) is 0. The van der Waals surface area contributed by atoms with Gasteiger partial charge in [-0.3, -0.25) is 0 Å². The number of nitrogens with zero attached hydrogens (tertiary/aromatic N) is 1. The second kappa shape index (κ2) is 3.96. The van der Waals surface area contributed by atoms with Crippen molar-refractivity contribution < 1.29 is 8.81 Å². The Hall–Kier alpha value is -1.68. The van der Waals surface area contributed by atoms with E-state index in [4.69, 9.17) is 4.42 Å². The molecular weight excluding hydrogens is 285 g/mol. The van der Waals surface area contributed by atoms with Gasteiger partial charge in [0.25, 0.3) is 0 Å². The Morgan fingerprint density at radius 2 is 1.82 bits per heavy atom. The minimum atomic E-state index is -0.272. The predicted octanol–water partition coefficient (Wildman–Crippen LogP) is 4.40. The summed E-state index contributed by atoms with van der Waals surface area (Å²) in [7, 11) is 0. The lowest BCUT2D eigenvalue weighted by molar-refractivity contribution is 0.616. The summed E-state index contributed by atoms with van der Waals surface area (Å²) in [4.78, 5) is 4.38. The van der Waals surface area contributed by atoms with Crippen LogP contribution in [0.25, 0.3) is 22.6 Å². The summed E-state index contributed by atoms with van der Waals surface area (Å²) in [5.74, 6) is 0.220. The van der Waals surface area contributed by atoms with Gasteiger partial charge in [0, 0.05) is 10.0 Å². The zero-order chi connectivity index (χ0) is 11.8. The van der Waals surface area contributed by atoms with Crippen LogP contribution in [-0.4, -0.2) is 4.98 Å². The number of rotatable bonds is 1. The second-order valence-electron chi connectivity index (χ2n) is 3.61. The zero-order valence-corrected chi connectivity index (χ0v) is 10.2. The fourth-order valence-electron chi connectivity index (χ4n) is 1.63. The van der Waals surface area contributed by atoms with Crippen LogP contribution in [0, 0.1) is 5.82 Å². The Labute approximate surface area is 105 Å². The summed E-state index contributed by atoms with van der Waals surface area (Å²) in [6.45, 7) is 0. The minimum absolute atomic E-state index is 0.272. The Morgan fingerprint density at radius 1 is 1.06 bits per heavy atom. The van der Waals surface area contributed by atoms with Gasteiger partial charge in [-0.25, -0.2) is 9.37 Å². The van der Waals surface area contributed by atoms with E-state index in [0.717, 1.165) is 15.6 Å². The van der Waals surface area contributed by atoms with Crippen molar-refractivity contribution in [1.29, 1.82) is 0 Å². The van der Waals surface area contributed by atoms with Crippen LogP contribution in [0.1, 0.15) is 0 Å². The van der Waals surface area contributed by atoms with Crippen LogP contribution in [-0.2, 0) is 0 Å². The molecule has 17 heavy (non-hydrogen) atoms. The van der Waals surface area contributed by atoms with E-state index in [-0.39, 0.29) is 5.82 Å². The smallest absolute Gasteiger partial charge is 0.227 e. The van der Waals surface area contributed by atoms with Crippen molar-refractivity contribution in [2.24, 2.45) is 0 Å². The maximum absolute atomic E-state index is 12.8. The van der Waals surface area contributed by atoms with Gasteiger partial charge in [0.15, 0.2) is 5.58 Å². The molecule has 2 aromatic carbocycles. The third-order valence-corrected chi connectivity index (χ3v) is 3.10. The molecule has 0 aliphatic rings. The topological polar surface area (TPSA) is 26.0 Å². The first-order chi connectivity index (χ1) is 8.24. The summed E-state index contributed by atoms with van der Waals surface area (Å²) in [5.41, 5.74) is 2.24. The Bertz CT molecular complexity index is 675. The molecule has 0 saturated carbocycles. The number of hydrogen-bond acceptors (Lipinski definition) is 2. The number of aromatic nitrogens is 1. The van der Waals surface area contributed by atoms with Gasteiger partial charge in [-0.15, -0.1) is 0 Å². The highest BCUT2D eigenvalue weighted by Gasteiger charge is 2.09. The summed E-state index contributed by atoms with van der Waals surface area (Å²) in [5, 5.41) is 0. The lowest BCUT2D eigenvalue weighted by Gasteiger charge is -1.93. The third kappa shape index (κ3) is 1.85. The largest absolute Gasteiger partial charge is 0.436 e. The van der Waals surface area contributed by atoms with E-state index in [2.05, 4.69) is 20.9 Å². The molecule has 3 aromatic rings. The number of fused-ring (bicyclic) bond motifs is 1. The van der Waals surface area contributed by atoms with E-state index < -0.39 is 0 Å². The monoisotopic (exact) mass is 291 g/mol.